The Morgan fingerprint density at radius 1 is 0.960 bits per heavy atom. The third-order valence-electron chi connectivity index (χ3n) is 6.73. The number of piperidine rings is 1. The molecule has 2 atom stereocenters. The van der Waals surface area contributed by atoms with Crippen LogP contribution in [0.1, 0.15) is 25.7 Å². The molecule has 3 saturated heterocycles. The number of hydrogen-bond donors (Lipinski definition) is 1. The molecule has 1 aromatic rings. The molecule has 0 aliphatic carbocycles. The van der Waals surface area contributed by atoms with E-state index in [1.54, 1.807) is 0 Å². The van der Waals surface area contributed by atoms with Crippen molar-refractivity contribution in [2.24, 2.45) is 0 Å². The van der Waals surface area contributed by atoms with Crippen LogP contribution in [0.3, 0.4) is 0 Å². The third kappa shape index (κ3) is 2.87. The van der Waals surface area contributed by atoms with Gasteiger partial charge in [-0.3, -0.25) is 4.90 Å². The standard InChI is InChI=1S/C20H31N5/c1-22-8-10-24(11-9-22)17-5-6-19-18(14-17)21-20-15-16-4-2-3-7-23(16)12-13-25(19)20/h5-6,14,16,20-21H,2-4,7-13,15H2,1H3. The van der Waals surface area contributed by atoms with Crippen LogP contribution in [0, 0.1) is 0 Å². The molecule has 5 rings (SSSR count). The van der Waals surface area contributed by atoms with Crippen LogP contribution in [0.15, 0.2) is 18.2 Å². The normalized spacial score (nSPS) is 30.3. The minimum atomic E-state index is 0.492. The molecule has 136 valence electrons. The summed E-state index contributed by atoms with van der Waals surface area (Å²) < 4.78 is 0. The van der Waals surface area contributed by atoms with Gasteiger partial charge < -0.3 is 20.0 Å². The maximum Gasteiger partial charge on any atom is 0.101 e. The highest BCUT2D eigenvalue weighted by atomic mass is 15.4. The van der Waals surface area contributed by atoms with Crippen molar-refractivity contribution in [3.8, 4) is 0 Å². The smallest absolute Gasteiger partial charge is 0.101 e. The predicted molar refractivity (Wildman–Crippen MR) is 105 cm³/mol. The Kier molecular flexibility index (Phi) is 4.01. The lowest BCUT2D eigenvalue weighted by atomic mass is 9.99. The second kappa shape index (κ2) is 6.36. The number of nitrogens with one attached hydrogen (secondary N) is 1. The van der Waals surface area contributed by atoms with Crippen molar-refractivity contribution < 1.29 is 0 Å². The molecular weight excluding hydrogens is 310 g/mol. The summed E-state index contributed by atoms with van der Waals surface area (Å²) in [5.74, 6) is 0. The van der Waals surface area contributed by atoms with Crippen molar-refractivity contribution in [1.82, 2.24) is 9.80 Å². The van der Waals surface area contributed by atoms with Crippen molar-refractivity contribution in [1.29, 1.82) is 0 Å². The topological polar surface area (TPSA) is 25.0 Å². The molecule has 4 aliphatic rings. The minimum absolute atomic E-state index is 0.492. The Balaban J connectivity index is 1.35. The van der Waals surface area contributed by atoms with Crippen LogP contribution in [0.4, 0.5) is 17.1 Å². The van der Waals surface area contributed by atoms with Crippen LogP contribution in [-0.2, 0) is 0 Å². The molecule has 5 heteroatoms. The van der Waals surface area contributed by atoms with E-state index in [1.807, 2.05) is 0 Å². The van der Waals surface area contributed by atoms with E-state index in [4.69, 9.17) is 0 Å². The Hall–Kier alpha value is -1.46. The molecule has 0 saturated carbocycles. The second-order valence-corrected chi connectivity index (χ2v) is 8.27. The first-order valence-electron chi connectivity index (χ1n) is 10.1. The lowest BCUT2D eigenvalue weighted by Crippen LogP contribution is -2.44. The van der Waals surface area contributed by atoms with E-state index in [1.165, 1.54) is 55.8 Å². The number of benzene rings is 1. The quantitative estimate of drug-likeness (QED) is 0.845. The SMILES string of the molecule is CN1CCN(c2ccc3c(c2)NC2CC4CCCCN4CCN32)CC1. The maximum absolute atomic E-state index is 3.86. The van der Waals surface area contributed by atoms with Crippen molar-refractivity contribution in [3.05, 3.63) is 18.2 Å². The van der Waals surface area contributed by atoms with Gasteiger partial charge in [0.2, 0.25) is 0 Å². The van der Waals surface area contributed by atoms with Crippen LogP contribution < -0.4 is 15.1 Å². The number of likely N-dealkylation sites (N-methyl/N-ethyl adjacent to an activating group) is 1. The summed E-state index contributed by atoms with van der Waals surface area (Å²) in [7, 11) is 2.22. The number of fused-ring (bicyclic) bond motifs is 4. The fourth-order valence-corrected chi connectivity index (χ4v) is 5.15. The zero-order chi connectivity index (χ0) is 16.8. The van der Waals surface area contributed by atoms with Crippen LogP contribution in [0.2, 0.25) is 0 Å². The van der Waals surface area contributed by atoms with Crippen LogP contribution >= 0.6 is 0 Å². The summed E-state index contributed by atoms with van der Waals surface area (Å²) in [4.78, 5) is 10.3. The second-order valence-electron chi connectivity index (χ2n) is 8.27. The van der Waals surface area contributed by atoms with E-state index in [-0.39, 0.29) is 0 Å². The molecule has 4 aliphatic heterocycles. The van der Waals surface area contributed by atoms with Gasteiger partial charge in [-0.2, -0.15) is 0 Å². The van der Waals surface area contributed by atoms with Gasteiger partial charge in [0.25, 0.3) is 0 Å². The summed E-state index contributed by atoms with van der Waals surface area (Å²) in [6.07, 6.45) is 5.94. The van der Waals surface area contributed by atoms with Gasteiger partial charge in [0.15, 0.2) is 0 Å². The summed E-state index contributed by atoms with van der Waals surface area (Å²) in [5, 5.41) is 3.86. The lowest BCUT2D eigenvalue weighted by Gasteiger charge is -2.34. The highest BCUT2D eigenvalue weighted by molar-refractivity contribution is 5.80. The van der Waals surface area contributed by atoms with Crippen LogP contribution in [0.5, 0.6) is 0 Å². The largest absolute Gasteiger partial charge is 0.369 e. The first-order valence-corrected chi connectivity index (χ1v) is 10.1. The van der Waals surface area contributed by atoms with Crippen LogP contribution in [-0.4, -0.2) is 74.9 Å². The van der Waals surface area contributed by atoms with Gasteiger partial charge in [-0.1, -0.05) is 6.42 Å². The molecular formula is C20H31N5. The minimum Gasteiger partial charge on any atom is -0.369 e. The van der Waals surface area contributed by atoms with E-state index in [0.29, 0.717) is 6.17 Å². The van der Waals surface area contributed by atoms with Crippen molar-refractivity contribution in [2.75, 3.05) is 68.0 Å². The highest BCUT2D eigenvalue weighted by Gasteiger charge is 2.36. The Labute approximate surface area is 151 Å². The molecule has 4 heterocycles. The summed E-state index contributed by atoms with van der Waals surface area (Å²) in [6, 6.07) is 7.88. The molecule has 1 N–H and O–H groups in total. The molecule has 0 spiro atoms. The number of rotatable bonds is 1. The van der Waals surface area contributed by atoms with Crippen molar-refractivity contribution in [3.63, 3.8) is 0 Å². The number of piperazine rings is 1. The van der Waals surface area contributed by atoms with Gasteiger partial charge in [-0.15, -0.1) is 0 Å². The Bertz CT molecular complexity index is 625. The van der Waals surface area contributed by atoms with E-state index in [9.17, 15) is 0 Å². The molecule has 0 aromatic heterocycles. The highest BCUT2D eigenvalue weighted by Crippen LogP contribution is 2.40. The lowest BCUT2D eigenvalue weighted by molar-refractivity contribution is 0.154. The first-order chi connectivity index (χ1) is 12.3. The van der Waals surface area contributed by atoms with Crippen molar-refractivity contribution in [2.45, 2.75) is 37.9 Å². The molecule has 0 bridgehead atoms. The molecule has 1 aromatic carbocycles. The Morgan fingerprint density at radius 3 is 2.72 bits per heavy atom. The van der Waals surface area contributed by atoms with E-state index >= 15 is 0 Å². The molecule has 25 heavy (non-hydrogen) atoms. The van der Waals surface area contributed by atoms with Gasteiger partial charge in [-0.05, 0) is 44.6 Å². The average molecular weight is 342 g/mol. The van der Waals surface area contributed by atoms with Gasteiger partial charge >= 0.3 is 0 Å². The van der Waals surface area contributed by atoms with Gasteiger partial charge in [0.1, 0.15) is 6.17 Å². The molecule has 5 nitrogen and oxygen atoms in total. The zero-order valence-corrected chi connectivity index (χ0v) is 15.5. The fourth-order valence-electron chi connectivity index (χ4n) is 5.15. The summed E-state index contributed by atoms with van der Waals surface area (Å²) in [5.41, 5.74) is 4.16. The number of hydrogen-bond acceptors (Lipinski definition) is 5. The van der Waals surface area contributed by atoms with E-state index in [2.05, 4.69) is 50.2 Å². The number of anilines is 3. The summed E-state index contributed by atoms with van der Waals surface area (Å²) in [6.45, 7) is 8.30. The van der Waals surface area contributed by atoms with Gasteiger partial charge in [0, 0.05) is 57.4 Å². The van der Waals surface area contributed by atoms with Gasteiger partial charge in [-0.25, -0.2) is 0 Å². The fraction of sp³-hybridized carbons (Fsp3) is 0.700. The molecule has 0 amide bonds. The molecule has 0 radical (unpaired) electrons. The monoisotopic (exact) mass is 341 g/mol. The molecule has 2 unspecified atom stereocenters. The zero-order valence-electron chi connectivity index (χ0n) is 15.5. The van der Waals surface area contributed by atoms with E-state index < -0.39 is 0 Å². The number of nitrogens with zero attached hydrogens (tertiary/aromatic N) is 4. The van der Waals surface area contributed by atoms with Crippen molar-refractivity contribution >= 4 is 17.1 Å². The Morgan fingerprint density at radius 2 is 1.84 bits per heavy atom. The third-order valence-corrected chi connectivity index (χ3v) is 6.73. The predicted octanol–water partition coefficient (Wildman–Crippen LogP) is 2.25. The molecule has 3 fully saturated rings. The summed E-state index contributed by atoms with van der Waals surface area (Å²) >= 11 is 0. The van der Waals surface area contributed by atoms with E-state index in [0.717, 1.165) is 38.8 Å². The van der Waals surface area contributed by atoms with Crippen LogP contribution in [0.25, 0.3) is 0 Å². The maximum atomic E-state index is 3.86. The average Bonchev–Trinajstić information content (AvgIpc) is 2.87. The first kappa shape index (κ1) is 15.8. The van der Waals surface area contributed by atoms with Gasteiger partial charge in [0.05, 0.1) is 11.4 Å².